The molecule has 4 rings (SSSR count). The second-order valence-corrected chi connectivity index (χ2v) is 8.33. The van der Waals surface area contributed by atoms with E-state index in [1.54, 1.807) is 0 Å². The van der Waals surface area contributed by atoms with Crippen LogP contribution in [0.3, 0.4) is 0 Å². The van der Waals surface area contributed by atoms with Crippen molar-refractivity contribution in [2.24, 2.45) is 0 Å². The van der Waals surface area contributed by atoms with Gasteiger partial charge in [-0.05, 0) is 58.1 Å². The number of fused-ring (bicyclic) bond motifs is 1. The van der Waals surface area contributed by atoms with Gasteiger partial charge in [-0.1, -0.05) is 18.6 Å². The maximum absolute atomic E-state index is 13.0. The number of nitrogens with one attached hydrogen (secondary N) is 1. The molecule has 3 heterocycles. The van der Waals surface area contributed by atoms with Gasteiger partial charge in [0.15, 0.2) is 5.58 Å². The Labute approximate surface area is 167 Å². The van der Waals surface area contributed by atoms with Gasteiger partial charge in [-0.3, -0.25) is 9.69 Å². The number of benzene rings is 1. The number of likely N-dealkylation sites (tertiary alicyclic amines) is 1. The highest BCUT2D eigenvalue weighted by Crippen LogP contribution is 2.28. The lowest BCUT2D eigenvalue weighted by molar-refractivity contribution is -0.123. The van der Waals surface area contributed by atoms with E-state index in [2.05, 4.69) is 29.0 Å². The van der Waals surface area contributed by atoms with Gasteiger partial charge in [0.2, 0.25) is 5.91 Å². The molecule has 3 atom stereocenters. The Morgan fingerprint density at radius 2 is 1.93 bits per heavy atom. The minimum Gasteiger partial charge on any atom is -0.423 e. The molecule has 0 radical (unpaired) electrons. The highest BCUT2D eigenvalue weighted by atomic mass is 16.4. The molecule has 1 aromatic heterocycles. The van der Waals surface area contributed by atoms with E-state index in [9.17, 15) is 4.79 Å². The monoisotopic (exact) mass is 384 g/mol. The SMILES string of the molecule is CC1CCCC(C)N1CCNC(=O)C1CCCCN1c1nc2ccccc2o1. The first-order valence-corrected chi connectivity index (χ1v) is 10.8. The van der Waals surface area contributed by atoms with E-state index >= 15 is 0 Å². The van der Waals surface area contributed by atoms with Crippen molar-refractivity contribution in [1.82, 2.24) is 15.2 Å². The molecular weight excluding hydrogens is 352 g/mol. The second-order valence-electron chi connectivity index (χ2n) is 8.33. The molecule has 2 saturated heterocycles. The fourth-order valence-electron chi connectivity index (χ4n) is 4.76. The summed E-state index contributed by atoms with van der Waals surface area (Å²) in [5, 5.41) is 3.18. The van der Waals surface area contributed by atoms with Crippen LogP contribution in [-0.4, -0.2) is 53.6 Å². The number of piperidine rings is 2. The first-order valence-electron chi connectivity index (χ1n) is 10.8. The quantitative estimate of drug-likeness (QED) is 0.854. The van der Waals surface area contributed by atoms with E-state index in [1.807, 2.05) is 29.2 Å². The molecule has 2 aliphatic heterocycles. The lowest BCUT2D eigenvalue weighted by atomic mass is 9.97. The van der Waals surface area contributed by atoms with Crippen molar-refractivity contribution in [1.29, 1.82) is 0 Å². The van der Waals surface area contributed by atoms with Crippen LogP contribution >= 0.6 is 0 Å². The molecule has 0 spiro atoms. The normalized spacial score (nSPS) is 26.5. The highest BCUT2D eigenvalue weighted by molar-refractivity contribution is 5.85. The third-order valence-corrected chi connectivity index (χ3v) is 6.38. The first kappa shape index (κ1) is 19.2. The molecule has 152 valence electrons. The third kappa shape index (κ3) is 4.02. The maximum atomic E-state index is 13.0. The van der Waals surface area contributed by atoms with E-state index in [4.69, 9.17) is 4.42 Å². The predicted octanol–water partition coefficient (Wildman–Crippen LogP) is 3.57. The summed E-state index contributed by atoms with van der Waals surface area (Å²) in [5.74, 6) is 0.0965. The van der Waals surface area contributed by atoms with Crippen molar-refractivity contribution in [3.8, 4) is 0 Å². The van der Waals surface area contributed by atoms with Gasteiger partial charge in [-0.25, -0.2) is 0 Å². The Morgan fingerprint density at radius 3 is 2.71 bits per heavy atom. The number of aromatic nitrogens is 1. The molecule has 0 saturated carbocycles. The molecule has 2 aromatic rings. The van der Waals surface area contributed by atoms with E-state index < -0.39 is 0 Å². The Balaban J connectivity index is 1.39. The van der Waals surface area contributed by atoms with Crippen molar-refractivity contribution in [2.75, 3.05) is 24.5 Å². The highest BCUT2D eigenvalue weighted by Gasteiger charge is 2.32. The zero-order chi connectivity index (χ0) is 19.5. The average Bonchev–Trinajstić information content (AvgIpc) is 3.14. The van der Waals surface area contributed by atoms with Crippen LogP contribution in [0, 0.1) is 0 Å². The average molecular weight is 385 g/mol. The number of nitrogens with zero attached hydrogens (tertiary/aromatic N) is 3. The van der Waals surface area contributed by atoms with Gasteiger partial charge in [-0.15, -0.1) is 0 Å². The van der Waals surface area contributed by atoms with E-state index in [0.29, 0.717) is 24.6 Å². The fourth-order valence-corrected chi connectivity index (χ4v) is 4.76. The minimum atomic E-state index is -0.196. The summed E-state index contributed by atoms with van der Waals surface area (Å²) in [4.78, 5) is 22.2. The molecule has 1 amide bonds. The van der Waals surface area contributed by atoms with Gasteiger partial charge < -0.3 is 14.6 Å². The summed E-state index contributed by atoms with van der Waals surface area (Å²) in [6, 6.07) is 9.35. The van der Waals surface area contributed by atoms with E-state index in [1.165, 1.54) is 19.3 Å². The van der Waals surface area contributed by atoms with Gasteiger partial charge in [0.05, 0.1) is 0 Å². The van der Waals surface area contributed by atoms with Crippen LogP contribution in [0.15, 0.2) is 28.7 Å². The molecular formula is C22H32N4O2. The molecule has 6 nitrogen and oxygen atoms in total. The number of carbonyl (C=O) groups is 1. The molecule has 1 N–H and O–H groups in total. The maximum Gasteiger partial charge on any atom is 0.299 e. The zero-order valence-electron chi connectivity index (χ0n) is 17.1. The number of hydrogen-bond donors (Lipinski definition) is 1. The second kappa shape index (κ2) is 8.52. The molecule has 1 aromatic carbocycles. The van der Waals surface area contributed by atoms with Crippen molar-refractivity contribution < 1.29 is 9.21 Å². The number of para-hydroxylation sites is 2. The molecule has 3 unspecified atom stereocenters. The molecule has 6 heteroatoms. The number of amides is 1. The summed E-state index contributed by atoms with van der Waals surface area (Å²) < 4.78 is 5.94. The summed E-state index contributed by atoms with van der Waals surface area (Å²) >= 11 is 0. The minimum absolute atomic E-state index is 0.0965. The Bertz CT molecular complexity index is 762. The zero-order valence-corrected chi connectivity index (χ0v) is 17.1. The topological polar surface area (TPSA) is 61.6 Å². The summed E-state index contributed by atoms with van der Waals surface area (Å²) in [5.41, 5.74) is 1.62. The molecule has 0 bridgehead atoms. The molecule has 2 fully saturated rings. The van der Waals surface area contributed by atoms with Crippen molar-refractivity contribution in [2.45, 2.75) is 70.5 Å². The Morgan fingerprint density at radius 1 is 1.14 bits per heavy atom. The van der Waals surface area contributed by atoms with Crippen molar-refractivity contribution >= 4 is 23.0 Å². The van der Waals surface area contributed by atoms with Crippen molar-refractivity contribution in [3.05, 3.63) is 24.3 Å². The fraction of sp³-hybridized carbons (Fsp3) is 0.636. The van der Waals surface area contributed by atoms with E-state index in [0.717, 1.165) is 43.5 Å². The Kier molecular flexibility index (Phi) is 5.85. The van der Waals surface area contributed by atoms with Gasteiger partial charge >= 0.3 is 0 Å². The van der Waals surface area contributed by atoms with Gasteiger partial charge in [-0.2, -0.15) is 4.98 Å². The third-order valence-electron chi connectivity index (χ3n) is 6.38. The van der Waals surface area contributed by atoms with E-state index in [-0.39, 0.29) is 11.9 Å². The van der Waals surface area contributed by atoms with Crippen LogP contribution in [0.2, 0.25) is 0 Å². The largest absolute Gasteiger partial charge is 0.423 e. The molecule has 0 aliphatic carbocycles. The lowest BCUT2D eigenvalue weighted by Crippen LogP contribution is -2.52. The first-order chi connectivity index (χ1) is 13.6. The smallest absolute Gasteiger partial charge is 0.299 e. The standard InChI is InChI=1S/C22H32N4O2/c1-16-8-7-9-17(2)25(16)15-13-23-21(27)19-11-5-6-14-26(19)22-24-18-10-3-4-12-20(18)28-22/h3-4,10,12,16-17,19H,5-9,11,13-15H2,1-2H3,(H,23,27). The summed E-state index contributed by atoms with van der Waals surface area (Å²) in [6.07, 6.45) is 6.80. The summed E-state index contributed by atoms with van der Waals surface area (Å²) in [6.45, 7) is 7.03. The van der Waals surface area contributed by atoms with Crippen molar-refractivity contribution in [3.63, 3.8) is 0 Å². The van der Waals surface area contributed by atoms with Crippen LogP contribution in [0.5, 0.6) is 0 Å². The molecule has 28 heavy (non-hydrogen) atoms. The van der Waals surface area contributed by atoms with Gasteiger partial charge in [0.1, 0.15) is 11.6 Å². The number of carbonyl (C=O) groups excluding carboxylic acids is 1. The number of oxazole rings is 1. The predicted molar refractivity (Wildman–Crippen MR) is 111 cm³/mol. The van der Waals surface area contributed by atoms with Crippen LogP contribution < -0.4 is 10.2 Å². The number of anilines is 1. The molecule has 2 aliphatic rings. The van der Waals surface area contributed by atoms with Crippen LogP contribution in [0.1, 0.15) is 52.4 Å². The Hall–Kier alpha value is -2.08. The van der Waals surface area contributed by atoms with Crippen LogP contribution in [0.25, 0.3) is 11.1 Å². The van der Waals surface area contributed by atoms with Gasteiger partial charge in [0.25, 0.3) is 6.01 Å². The van der Waals surface area contributed by atoms with Crippen LogP contribution in [0.4, 0.5) is 6.01 Å². The van der Waals surface area contributed by atoms with Crippen LogP contribution in [-0.2, 0) is 4.79 Å². The number of rotatable bonds is 5. The lowest BCUT2D eigenvalue weighted by Gasteiger charge is -2.39. The van der Waals surface area contributed by atoms with Gasteiger partial charge in [0, 0.05) is 31.7 Å². The summed E-state index contributed by atoms with van der Waals surface area (Å²) in [7, 11) is 0. The number of hydrogen-bond acceptors (Lipinski definition) is 5.